The number of nitrogens with one attached hydrogen (secondary N) is 2. The van der Waals surface area contributed by atoms with Gasteiger partial charge in [-0.15, -0.1) is 0 Å². The van der Waals surface area contributed by atoms with E-state index in [4.69, 9.17) is 4.74 Å². The average molecular weight is 207 g/mol. The molecule has 80 valence electrons. The van der Waals surface area contributed by atoms with Gasteiger partial charge in [-0.05, 0) is 6.42 Å². The van der Waals surface area contributed by atoms with Crippen molar-refractivity contribution in [2.75, 3.05) is 25.6 Å². The minimum atomic E-state index is 0.743. The zero-order valence-corrected chi connectivity index (χ0v) is 8.53. The minimum absolute atomic E-state index is 0.743. The van der Waals surface area contributed by atoms with Crippen LogP contribution in [0.4, 0.5) is 5.82 Å². The van der Waals surface area contributed by atoms with Crippen LogP contribution in [-0.2, 0) is 4.74 Å². The molecule has 2 N–H and O–H groups in total. The fourth-order valence-electron chi connectivity index (χ4n) is 1.33. The van der Waals surface area contributed by atoms with Crippen molar-refractivity contribution in [1.29, 1.82) is 0 Å². The number of rotatable bonds is 5. The molecule has 2 aromatic rings. The molecule has 2 heterocycles. The predicted octanol–water partition coefficient (Wildman–Crippen LogP) is 0.801. The van der Waals surface area contributed by atoms with Gasteiger partial charge in [-0.25, -0.2) is 9.97 Å². The third-order valence-corrected chi connectivity index (χ3v) is 2.07. The molecule has 0 aromatic carbocycles. The highest BCUT2D eigenvalue weighted by Crippen LogP contribution is 2.15. The van der Waals surface area contributed by atoms with Crippen LogP contribution in [-0.4, -0.2) is 40.4 Å². The van der Waals surface area contributed by atoms with Crippen LogP contribution in [0.15, 0.2) is 12.5 Å². The lowest BCUT2D eigenvalue weighted by Crippen LogP contribution is -2.06. The molecule has 15 heavy (non-hydrogen) atoms. The minimum Gasteiger partial charge on any atom is -0.385 e. The van der Waals surface area contributed by atoms with Crippen molar-refractivity contribution < 1.29 is 4.74 Å². The third-order valence-electron chi connectivity index (χ3n) is 2.07. The van der Waals surface area contributed by atoms with Crippen molar-refractivity contribution in [2.45, 2.75) is 6.42 Å². The van der Waals surface area contributed by atoms with Gasteiger partial charge in [-0.2, -0.15) is 5.10 Å². The number of aromatic nitrogens is 4. The molecule has 0 saturated carbocycles. The van der Waals surface area contributed by atoms with Crippen LogP contribution in [0.5, 0.6) is 0 Å². The van der Waals surface area contributed by atoms with Crippen LogP contribution in [0.2, 0.25) is 0 Å². The summed E-state index contributed by atoms with van der Waals surface area (Å²) in [5.74, 6) is 0.810. The highest BCUT2D eigenvalue weighted by atomic mass is 16.5. The summed E-state index contributed by atoms with van der Waals surface area (Å²) in [6, 6.07) is 0. The summed E-state index contributed by atoms with van der Waals surface area (Å²) >= 11 is 0. The van der Waals surface area contributed by atoms with Gasteiger partial charge in [0.25, 0.3) is 0 Å². The first-order valence-electron chi connectivity index (χ1n) is 4.78. The van der Waals surface area contributed by atoms with Crippen molar-refractivity contribution in [2.24, 2.45) is 0 Å². The molecular formula is C9H13N5O. The lowest BCUT2D eigenvalue weighted by molar-refractivity contribution is 0.198. The Balaban J connectivity index is 2.04. The van der Waals surface area contributed by atoms with Crippen LogP contribution < -0.4 is 5.32 Å². The highest BCUT2D eigenvalue weighted by Gasteiger charge is 2.03. The first-order valence-corrected chi connectivity index (χ1v) is 4.78. The normalized spacial score (nSPS) is 10.7. The zero-order chi connectivity index (χ0) is 10.5. The van der Waals surface area contributed by atoms with Gasteiger partial charge in [0.05, 0.1) is 11.6 Å². The van der Waals surface area contributed by atoms with Gasteiger partial charge in [0.2, 0.25) is 0 Å². The van der Waals surface area contributed by atoms with Crippen molar-refractivity contribution in [3.8, 4) is 0 Å². The van der Waals surface area contributed by atoms with E-state index in [1.165, 1.54) is 6.33 Å². The Hall–Kier alpha value is -1.69. The van der Waals surface area contributed by atoms with Crippen LogP contribution in [0.3, 0.4) is 0 Å². The van der Waals surface area contributed by atoms with E-state index in [1.807, 2.05) is 0 Å². The van der Waals surface area contributed by atoms with Crippen molar-refractivity contribution in [3.63, 3.8) is 0 Å². The second-order valence-electron chi connectivity index (χ2n) is 3.13. The number of H-pyrrole nitrogens is 1. The SMILES string of the molecule is COCCCNc1ncnc2[nH]ncc12. The van der Waals surface area contributed by atoms with Gasteiger partial charge in [0.15, 0.2) is 5.65 Å². The van der Waals surface area contributed by atoms with Crippen LogP contribution in [0.1, 0.15) is 6.42 Å². The van der Waals surface area contributed by atoms with Crippen LogP contribution in [0.25, 0.3) is 11.0 Å². The van der Waals surface area contributed by atoms with E-state index in [-0.39, 0.29) is 0 Å². The lowest BCUT2D eigenvalue weighted by atomic mass is 10.4. The molecule has 2 aromatic heterocycles. The monoisotopic (exact) mass is 207 g/mol. The molecule has 0 radical (unpaired) electrons. The largest absolute Gasteiger partial charge is 0.385 e. The quantitative estimate of drug-likeness (QED) is 0.709. The summed E-state index contributed by atoms with van der Waals surface area (Å²) in [4.78, 5) is 8.21. The molecule has 0 unspecified atom stereocenters. The molecule has 2 rings (SSSR count). The molecule has 0 aliphatic heterocycles. The summed E-state index contributed by atoms with van der Waals surface area (Å²) in [6.07, 6.45) is 4.17. The molecular weight excluding hydrogens is 194 g/mol. The number of hydrogen-bond donors (Lipinski definition) is 2. The molecule has 0 fully saturated rings. The zero-order valence-electron chi connectivity index (χ0n) is 8.53. The summed E-state index contributed by atoms with van der Waals surface area (Å²) in [7, 11) is 1.69. The van der Waals surface area contributed by atoms with E-state index in [2.05, 4.69) is 25.5 Å². The second-order valence-corrected chi connectivity index (χ2v) is 3.13. The Labute approximate surface area is 87.1 Å². The number of fused-ring (bicyclic) bond motifs is 1. The van der Waals surface area contributed by atoms with Gasteiger partial charge < -0.3 is 10.1 Å². The van der Waals surface area contributed by atoms with Gasteiger partial charge >= 0.3 is 0 Å². The Morgan fingerprint density at radius 1 is 1.47 bits per heavy atom. The molecule has 0 aliphatic carbocycles. The number of ether oxygens (including phenoxy) is 1. The van der Waals surface area contributed by atoms with Gasteiger partial charge in [-0.3, -0.25) is 5.10 Å². The average Bonchev–Trinajstić information content (AvgIpc) is 2.73. The van der Waals surface area contributed by atoms with Gasteiger partial charge in [0, 0.05) is 20.3 Å². The first kappa shape index (κ1) is 9.85. The number of aromatic amines is 1. The van der Waals surface area contributed by atoms with Crippen molar-refractivity contribution >= 4 is 16.9 Å². The number of nitrogens with zero attached hydrogens (tertiary/aromatic N) is 3. The molecule has 0 saturated heterocycles. The fourth-order valence-corrected chi connectivity index (χ4v) is 1.33. The van der Waals surface area contributed by atoms with E-state index in [0.29, 0.717) is 0 Å². The van der Waals surface area contributed by atoms with E-state index in [1.54, 1.807) is 13.3 Å². The number of anilines is 1. The smallest absolute Gasteiger partial charge is 0.160 e. The maximum atomic E-state index is 4.96. The second kappa shape index (κ2) is 4.70. The third kappa shape index (κ3) is 2.21. The van der Waals surface area contributed by atoms with Crippen LogP contribution in [0, 0.1) is 0 Å². The molecule has 6 nitrogen and oxygen atoms in total. The van der Waals surface area contributed by atoms with E-state index in [0.717, 1.165) is 36.4 Å². The Morgan fingerprint density at radius 3 is 3.27 bits per heavy atom. The van der Waals surface area contributed by atoms with Crippen molar-refractivity contribution in [3.05, 3.63) is 12.5 Å². The molecule has 0 bridgehead atoms. The summed E-state index contributed by atoms with van der Waals surface area (Å²) in [5, 5.41) is 10.8. The molecule has 6 heteroatoms. The topological polar surface area (TPSA) is 75.7 Å². The predicted molar refractivity (Wildman–Crippen MR) is 56.7 cm³/mol. The summed E-state index contributed by atoms with van der Waals surface area (Å²) in [5.41, 5.74) is 0.749. The standard InChI is InChI=1S/C9H13N5O/c1-15-4-2-3-10-8-7-5-13-14-9(7)12-6-11-8/h5-6H,2-4H2,1H3,(H2,10,11,12,13,14). The van der Waals surface area contributed by atoms with E-state index >= 15 is 0 Å². The van der Waals surface area contributed by atoms with E-state index < -0.39 is 0 Å². The van der Waals surface area contributed by atoms with Gasteiger partial charge in [0.1, 0.15) is 12.1 Å². The van der Waals surface area contributed by atoms with Crippen LogP contribution >= 0.6 is 0 Å². The van der Waals surface area contributed by atoms with E-state index in [9.17, 15) is 0 Å². The maximum Gasteiger partial charge on any atom is 0.160 e. The summed E-state index contributed by atoms with van der Waals surface area (Å²) < 4.78 is 4.96. The Morgan fingerprint density at radius 2 is 2.40 bits per heavy atom. The lowest BCUT2D eigenvalue weighted by Gasteiger charge is -2.04. The van der Waals surface area contributed by atoms with Gasteiger partial charge in [-0.1, -0.05) is 0 Å². The first-order chi connectivity index (χ1) is 7.42. The maximum absolute atomic E-state index is 4.96. The molecule has 0 atom stereocenters. The number of methoxy groups -OCH3 is 1. The highest BCUT2D eigenvalue weighted by molar-refractivity contribution is 5.85. The molecule has 0 aliphatic rings. The fraction of sp³-hybridized carbons (Fsp3) is 0.444. The Kier molecular flexibility index (Phi) is 3.08. The Bertz CT molecular complexity index is 427. The number of hydrogen-bond acceptors (Lipinski definition) is 5. The molecule has 0 spiro atoms. The van der Waals surface area contributed by atoms with Crippen molar-refractivity contribution in [1.82, 2.24) is 20.2 Å². The molecule has 0 amide bonds. The summed E-state index contributed by atoms with van der Waals surface area (Å²) in [6.45, 7) is 1.57.